The van der Waals surface area contributed by atoms with Gasteiger partial charge in [0.15, 0.2) is 0 Å². The number of ketones is 1. The smallest absolute Gasteiger partial charge is 0.408 e. The maximum Gasteiger partial charge on any atom is 0.408 e. The third-order valence-corrected chi connectivity index (χ3v) is 6.43. The van der Waals surface area contributed by atoms with Crippen LogP contribution in [0.1, 0.15) is 58.9 Å². The van der Waals surface area contributed by atoms with Gasteiger partial charge in [-0.3, -0.25) is 4.79 Å². The molecule has 0 aliphatic rings. The van der Waals surface area contributed by atoms with E-state index in [9.17, 15) is 9.59 Å². The van der Waals surface area contributed by atoms with Crippen LogP contribution in [0.5, 0.6) is 5.75 Å². The molecule has 0 aliphatic heterocycles. The van der Waals surface area contributed by atoms with Gasteiger partial charge in [-0.05, 0) is 67.5 Å². The second kappa shape index (κ2) is 15.9. The summed E-state index contributed by atoms with van der Waals surface area (Å²) in [5.74, 6) is 0.519. The van der Waals surface area contributed by atoms with Crippen molar-refractivity contribution in [2.75, 3.05) is 13.2 Å². The molecule has 3 aromatic carbocycles. The summed E-state index contributed by atoms with van der Waals surface area (Å²) >= 11 is 0. The number of hydrogen-bond acceptors (Lipinski definition) is 8. The van der Waals surface area contributed by atoms with Crippen molar-refractivity contribution in [1.29, 1.82) is 0 Å². The molecule has 3 N–H and O–H groups in total. The lowest BCUT2D eigenvalue weighted by atomic mass is 10.0. The molecule has 1 amide bonds. The molecular weight excluding hydrogens is 520 g/mol. The van der Waals surface area contributed by atoms with E-state index in [1.807, 2.05) is 72.8 Å². The molecule has 0 spiro atoms. The summed E-state index contributed by atoms with van der Waals surface area (Å²) in [6, 6.07) is 26.4. The number of ether oxygens (including phenoxy) is 2. The van der Waals surface area contributed by atoms with Crippen LogP contribution in [0.15, 0.2) is 89.5 Å². The van der Waals surface area contributed by atoms with Crippen LogP contribution in [0.25, 0.3) is 0 Å². The zero-order valence-corrected chi connectivity index (χ0v) is 23.0. The van der Waals surface area contributed by atoms with Crippen molar-refractivity contribution < 1.29 is 23.6 Å². The van der Waals surface area contributed by atoms with Gasteiger partial charge >= 0.3 is 6.09 Å². The number of carbonyl (C=O) groups is 2. The average molecular weight is 557 g/mol. The Balaban J connectivity index is 1.30. The summed E-state index contributed by atoms with van der Waals surface area (Å²) in [6.45, 7) is 1.18. The number of benzene rings is 3. The lowest BCUT2D eigenvalue weighted by Crippen LogP contribution is -2.41. The van der Waals surface area contributed by atoms with E-state index in [1.165, 1.54) is 5.56 Å². The number of Topliss-reactive ketones (excluding diaryl/α,β-unsaturated/α-hetero) is 1. The summed E-state index contributed by atoms with van der Waals surface area (Å²) in [4.78, 5) is 30.0. The Kier molecular flexibility index (Phi) is 11.5. The highest BCUT2D eigenvalue weighted by Gasteiger charge is 2.27. The Morgan fingerprint density at radius 1 is 0.878 bits per heavy atom. The second-order valence-corrected chi connectivity index (χ2v) is 9.68. The number of alkyl carbamates (subject to hydrolysis) is 1. The quantitative estimate of drug-likeness (QED) is 0.141. The Morgan fingerprint density at radius 2 is 1.61 bits per heavy atom. The van der Waals surface area contributed by atoms with E-state index >= 15 is 0 Å². The maximum atomic E-state index is 13.2. The van der Waals surface area contributed by atoms with Crippen molar-refractivity contribution in [2.24, 2.45) is 5.73 Å². The molecular formula is C32H36N4O5. The summed E-state index contributed by atoms with van der Waals surface area (Å²) in [5, 5.41) is 6.55. The van der Waals surface area contributed by atoms with E-state index < -0.39 is 17.9 Å². The third-order valence-electron chi connectivity index (χ3n) is 6.43. The zero-order chi connectivity index (χ0) is 28.7. The summed E-state index contributed by atoms with van der Waals surface area (Å²) in [5.41, 5.74) is 8.66. The minimum absolute atomic E-state index is 0.0885. The van der Waals surface area contributed by atoms with Gasteiger partial charge in [0.05, 0.1) is 19.1 Å². The first-order valence-electron chi connectivity index (χ1n) is 13.9. The van der Waals surface area contributed by atoms with Gasteiger partial charge in [0.1, 0.15) is 12.4 Å². The summed E-state index contributed by atoms with van der Waals surface area (Å²) < 4.78 is 16.6. The molecule has 0 unspecified atom stereocenters. The third kappa shape index (κ3) is 9.88. The second-order valence-electron chi connectivity index (χ2n) is 9.68. The summed E-state index contributed by atoms with van der Waals surface area (Å²) in [6.07, 6.45) is 3.25. The van der Waals surface area contributed by atoms with E-state index in [4.69, 9.17) is 19.7 Å². The Bertz CT molecular complexity index is 1360. The van der Waals surface area contributed by atoms with E-state index in [2.05, 4.69) is 27.6 Å². The number of nitrogens with two attached hydrogens (primary N) is 1. The fourth-order valence-corrected chi connectivity index (χ4v) is 4.28. The van der Waals surface area contributed by atoms with Crippen LogP contribution in [0, 0.1) is 0 Å². The number of rotatable bonds is 16. The number of aromatic nitrogens is 2. The molecule has 0 aliphatic carbocycles. The van der Waals surface area contributed by atoms with Crippen molar-refractivity contribution in [3.05, 3.63) is 113 Å². The SMILES string of the molecule is NCCCC[C@H](NC(=O)OCc1ccccc1)C(=O)c1noc(Cc2cccc(OCCCc3ccccc3)c2)n1. The van der Waals surface area contributed by atoms with Crippen LogP contribution in [0.2, 0.25) is 0 Å². The molecule has 0 bridgehead atoms. The molecule has 0 saturated carbocycles. The number of amides is 1. The van der Waals surface area contributed by atoms with E-state index in [1.54, 1.807) is 0 Å². The number of carbonyl (C=O) groups excluding carboxylic acids is 2. The predicted octanol–water partition coefficient (Wildman–Crippen LogP) is 5.28. The highest BCUT2D eigenvalue weighted by atomic mass is 16.5. The van der Waals surface area contributed by atoms with Gasteiger partial charge < -0.3 is 25.0 Å². The standard InChI is InChI=1S/C32H36N4O5/c33-19-8-7-18-28(34-32(38)40-23-25-13-5-2-6-14-25)30(37)31-35-29(41-36-31)22-26-15-9-17-27(21-26)39-20-10-16-24-11-3-1-4-12-24/h1-6,9,11-15,17,21,28H,7-8,10,16,18-20,22-23,33H2,(H,34,38)/t28-/m0/s1. The average Bonchev–Trinajstić information content (AvgIpc) is 3.47. The van der Waals surface area contributed by atoms with Crippen molar-refractivity contribution in [3.8, 4) is 5.75 Å². The molecule has 0 saturated heterocycles. The first-order valence-corrected chi connectivity index (χ1v) is 13.9. The summed E-state index contributed by atoms with van der Waals surface area (Å²) in [7, 11) is 0. The molecule has 1 aromatic heterocycles. The van der Waals surface area contributed by atoms with Crippen LogP contribution in [-0.4, -0.2) is 41.2 Å². The topological polar surface area (TPSA) is 130 Å². The predicted molar refractivity (Wildman–Crippen MR) is 155 cm³/mol. The molecule has 1 atom stereocenters. The van der Waals surface area contributed by atoms with Crippen LogP contribution in [-0.2, 0) is 24.2 Å². The maximum absolute atomic E-state index is 13.2. The molecule has 4 aromatic rings. The van der Waals surface area contributed by atoms with E-state index in [0.29, 0.717) is 44.7 Å². The first-order chi connectivity index (χ1) is 20.1. The number of aryl methyl sites for hydroxylation is 1. The molecule has 0 fully saturated rings. The fraction of sp³-hybridized carbons (Fsp3) is 0.312. The number of unbranched alkanes of at least 4 members (excludes halogenated alkanes) is 1. The molecule has 41 heavy (non-hydrogen) atoms. The van der Waals surface area contributed by atoms with Gasteiger partial charge in [0, 0.05) is 0 Å². The zero-order valence-electron chi connectivity index (χ0n) is 23.0. The van der Waals surface area contributed by atoms with Gasteiger partial charge in [-0.2, -0.15) is 4.98 Å². The first kappa shape index (κ1) is 29.5. The molecule has 9 heteroatoms. The minimum atomic E-state index is -0.858. The lowest BCUT2D eigenvalue weighted by molar-refractivity contribution is 0.0896. The largest absolute Gasteiger partial charge is 0.494 e. The fourth-order valence-electron chi connectivity index (χ4n) is 4.28. The van der Waals surface area contributed by atoms with Crippen molar-refractivity contribution >= 4 is 11.9 Å². The monoisotopic (exact) mass is 556 g/mol. The minimum Gasteiger partial charge on any atom is -0.494 e. The van der Waals surface area contributed by atoms with Gasteiger partial charge in [-0.15, -0.1) is 0 Å². The van der Waals surface area contributed by atoms with Crippen molar-refractivity contribution in [1.82, 2.24) is 15.5 Å². The lowest BCUT2D eigenvalue weighted by Gasteiger charge is -2.16. The number of nitrogens with zero attached hydrogens (tertiary/aromatic N) is 2. The van der Waals surface area contributed by atoms with Crippen LogP contribution in [0.3, 0.4) is 0 Å². The van der Waals surface area contributed by atoms with Crippen molar-refractivity contribution in [2.45, 2.75) is 51.2 Å². The van der Waals surface area contributed by atoms with Crippen LogP contribution in [0.4, 0.5) is 4.79 Å². The van der Waals surface area contributed by atoms with Crippen LogP contribution >= 0.6 is 0 Å². The molecule has 1 heterocycles. The highest BCUT2D eigenvalue weighted by Crippen LogP contribution is 2.17. The van der Waals surface area contributed by atoms with Crippen LogP contribution < -0.4 is 15.8 Å². The van der Waals surface area contributed by atoms with Gasteiger partial charge in [0.2, 0.25) is 17.5 Å². The molecule has 9 nitrogen and oxygen atoms in total. The Labute approximate surface area is 240 Å². The van der Waals surface area contributed by atoms with Gasteiger partial charge in [0.25, 0.3) is 0 Å². The van der Waals surface area contributed by atoms with E-state index in [0.717, 1.165) is 29.7 Å². The highest BCUT2D eigenvalue weighted by molar-refractivity contribution is 5.98. The van der Waals surface area contributed by atoms with Gasteiger partial charge in [-0.25, -0.2) is 4.79 Å². The molecule has 4 rings (SSSR count). The van der Waals surface area contributed by atoms with E-state index in [-0.39, 0.29) is 12.4 Å². The normalized spacial score (nSPS) is 11.5. The number of hydrogen-bond donors (Lipinski definition) is 2. The molecule has 0 radical (unpaired) electrons. The van der Waals surface area contributed by atoms with Gasteiger partial charge in [-0.1, -0.05) is 78.0 Å². The Hall–Kier alpha value is -4.50. The number of nitrogens with one attached hydrogen (secondary N) is 1. The molecule has 214 valence electrons. The van der Waals surface area contributed by atoms with Crippen molar-refractivity contribution in [3.63, 3.8) is 0 Å². The Morgan fingerprint density at radius 3 is 2.37 bits per heavy atom.